The number of amides is 2. The van der Waals surface area contributed by atoms with Crippen LogP contribution in [0.1, 0.15) is 53.4 Å². The summed E-state index contributed by atoms with van der Waals surface area (Å²) in [5, 5.41) is 9.94. The lowest BCUT2D eigenvalue weighted by Gasteiger charge is -2.36. The number of hydrogen-bond acceptors (Lipinski definition) is 3. The Kier molecular flexibility index (Phi) is 7.45. The molecule has 0 saturated heterocycles. The first-order valence-electron chi connectivity index (χ1n) is 8.57. The summed E-state index contributed by atoms with van der Waals surface area (Å²) in [6, 6.07) is -0.235. The summed E-state index contributed by atoms with van der Waals surface area (Å²) in [6.45, 7) is 7.56. The monoisotopic (exact) mass is 356 g/mol. The zero-order valence-corrected chi connectivity index (χ0v) is 16.5. The molecule has 0 unspecified atom stereocenters. The second kappa shape index (κ2) is 8.65. The largest absolute Gasteiger partial charge is 0.358 e. The number of likely N-dealkylation sites (N-methyl/N-ethyl adjacent to an activating group) is 1. The Morgan fingerprint density at radius 2 is 1.58 bits per heavy atom. The number of thiocarbonyl (C=S) groups is 1. The lowest BCUT2D eigenvalue weighted by atomic mass is 9.86. The topological polar surface area (TPSA) is 73.5 Å². The predicted molar refractivity (Wildman–Crippen MR) is 101 cm³/mol. The maximum Gasteiger partial charge on any atom is 0.245 e. The van der Waals surface area contributed by atoms with Gasteiger partial charge in [0.25, 0.3) is 0 Å². The lowest BCUT2D eigenvalue weighted by Crippen LogP contribution is -2.59. The predicted octanol–water partition coefficient (Wildman–Crippen LogP) is 1.40. The van der Waals surface area contributed by atoms with Gasteiger partial charge >= 0.3 is 0 Å². The molecule has 0 aromatic rings. The van der Waals surface area contributed by atoms with Crippen LogP contribution in [0.15, 0.2) is 0 Å². The van der Waals surface area contributed by atoms with Crippen LogP contribution in [0.5, 0.6) is 0 Å². The fraction of sp³-hybridized carbons (Fsp3) is 0.824. The van der Waals surface area contributed by atoms with Crippen LogP contribution >= 0.6 is 12.2 Å². The third-order valence-electron chi connectivity index (χ3n) is 4.30. The Morgan fingerprint density at radius 3 is 2.00 bits per heavy atom. The average molecular weight is 357 g/mol. The molecule has 1 aliphatic carbocycles. The van der Waals surface area contributed by atoms with E-state index >= 15 is 0 Å². The quantitative estimate of drug-likeness (QED) is 0.664. The van der Waals surface area contributed by atoms with E-state index in [2.05, 4.69) is 16.0 Å². The molecule has 0 radical (unpaired) electrons. The van der Waals surface area contributed by atoms with Crippen molar-refractivity contribution in [2.75, 3.05) is 14.1 Å². The first-order valence-corrected chi connectivity index (χ1v) is 8.98. The molecule has 0 spiro atoms. The molecule has 1 aliphatic rings. The van der Waals surface area contributed by atoms with Gasteiger partial charge in [0.05, 0.1) is 0 Å². The van der Waals surface area contributed by atoms with Crippen LogP contribution in [0, 0.1) is 5.41 Å². The summed E-state index contributed by atoms with van der Waals surface area (Å²) in [4.78, 5) is 25.4. The van der Waals surface area contributed by atoms with Gasteiger partial charge in [-0.3, -0.25) is 9.59 Å². The molecule has 0 aromatic heterocycles. The van der Waals surface area contributed by atoms with Gasteiger partial charge in [-0.25, -0.2) is 0 Å². The first kappa shape index (κ1) is 20.7. The zero-order chi connectivity index (χ0) is 18.5. The van der Waals surface area contributed by atoms with Crippen molar-refractivity contribution in [3.8, 4) is 0 Å². The van der Waals surface area contributed by atoms with Gasteiger partial charge in [0.15, 0.2) is 5.11 Å². The van der Waals surface area contributed by atoms with E-state index in [1.54, 1.807) is 19.0 Å². The van der Waals surface area contributed by atoms with Gasteiger partial charge < -0.3 is 20.9 Å². The van der Waals surface area contributed by atoms with Crippen molar-refractivity contribution in [3.63, 3.8) is 0 Å². The second-order valence-corrected chi connectivity index (χ2v) is 8.26. The third kappa shape index (κ3) is 6.26. The first-order chi connectivity index (χ1) is 11.0. The van der Waals surface area contributed by atoms with Crippen molar-refractivity contribution >= 4 is 29.1 Å². The summed E-state index contributed by atoms with van der Waals surface area (Å²) in [5.74, 6) is -0.0309. The van der Waals surface area contributed by atoms with Crippen LogP contribution in [-0.2, 0) is 9.59 Å². The van der Waals surface area contributed by atoms with Crippen LogP contribution in [0.2, 0.25) is 0 Å². The SMILES string of the molecule is CC(=O)N[C@H]1CCCC[C@@H]1NC(=S)N[C@@H](C(=O)N(C)C)C(C)(C)C. The van der Waals surface area contributed by atoms with E-state index in [1.807, 2.05) is 20.8 Å². The Hall–Kier alpha value is -1.37. The molecular weight excluding hydrogens is 324 g/mol. The molecule has 1 rings (SSSR count). The molecule has 24 heavy (non-hydrogen) atoms. The van der Waals surface area contributed by atoms with Gasteiger partial charge in [-0.15, -0.1) is 0 Å². The molecule has 3 N–H and O–H groups in total. The van der Waals surface area contributed by atoms with Crippen molar-refractivity contribution in [2.24, 2.45) is 5.41 Å². The van der Waals surface area contributed by atoms with Crippen LogP contribution in [0.25, 0.3) is 0 Å². The van der Waals surface area contributed by atoms with Crippen molar-refractivity contribution in [1.29, 1.82) is 0 Å². The molecular formula is C17H32N4O2S. The highest BCUT2D eigenvalue weighted by Crippen LogP contribution is 2.21. The minimum Gasteiger partial charge on any atom is -0.358 e. The van der Waals surface area contributed by atoms with Crippen LogP contribution in [0.3, 0.4) is 0 Å². The molecule has 1 fully saturated rings. The number of nitrogens with one attached hydrogen (secondary N) is 3. The van der Waals surface area contributed by atoms with E-state index in [9.17, 15) is 9.59 Å². The number of carbonyl (C=O) groups excluding carboxylic acids is 2. The molecule has 0 heterocycles. The highest BCUT2D eigenvalue weighted by molar-refractivity contribution is 7.80. The molecule has 6 nitrogen and oxygen atoms in total. The van der Waals surface area contributed by atoms with E-state index in [1.165, 1.54) is 6.92 Å². The molecule has 138 valence electrons. The highest BCUT2D eigenvalue weighted by Gasteiger charge is 2.34. The fourth-order valence-electron chi connectivity index (χ4n) is 2.99. The van der Waals surface area contributed by atoms with E-state index in [4.69, 9.17) is 12.2 Å². The summed E-state index contributed by atoms with van der Waals surface area (Å²) < 4.78 is 0. The lowest BCUT2D eigenvalue weighted by molar-refractivity contribution is -0.133. The van der Waals surface area contributed by atoms with Crippen LogP contribution < -0.4 is 16.0 Å². The van der Waals surface area contributed by atoms with Crippen molar-refractivity contribution in [1.82, 2.24) is 20.9 Å². The fourth-order valence-corrected chi connectivity index (χ4v) is 3.25. The molecule has 0 aromatic carbocycles. The summed E-state index contributed by atoms with van der Waals surface area (Å²) in [7, 11) is 3.49. The molecule has 1 saturated carbocycles. The molecule has 0 bridgehead atoms. The number of hydrogen-bond donors (Lipinski definition) is 3. The van der Waals surface area contributed by atoms with Gasteiger partial charge in [-0.1, -0.05) is 33.6 Å². The minimum atomic E-state index is -0.407. The van der Waals surface area contributed by atoms with Gasteiger partial charge in [0.1, 0.15) is 6.04 Å². The normalized spacial score (nSPS) is 22.2. The molecule has 0 aliphatic heterocycles. The maximum atomic E-state index is 12.4. The van der Waals surface area contributed by atoms with E-state index in [0.717, 1.165) is 25.7 Å². The van der Waals surface area contributed by atoms with E-state index in [0.29, 0.717) is 5.11 Å². The molecule has 7 heteroatoms. The molecule has 2 amide bonds. The average Bonchev–Trinajstić information content (AvgIpc) is 2.44. The van der Waals surface area contributed by atoms with E-state index < -0.39 is 6.04 Å². The minimum absolute atomic E-state index is 0.00583. The van der Waals surface area contributed by atoms with Crippen molar-refractivity contribution in [3.05, 3.63) is 0 Å². The Labute approximate surface area is 151 Å². The Bertz CT molecular complexity index is 474. The van der Waals surface area contributed by atoms with Crippen molar-refractivity contribution < 1.29 is 9.59 Å². The van der Waals surface area contributed by atoms with Gasteiger partial charge in [-0.2, -0.15) is 0 Å². The van der Waals surface area contributed by atoms with Gasteiger partial charge in [-0.05, 0) is 30.5 Å². The standard InChI is InChI=1S/C17H32N4O2S/c1-11(22)18-12-9-7-8-10-13(12)19-16(24)20-14(17(2,3)4)15(23)21(5)6/h12-14H,7-10H2,1-6H3,(H,18,22)(H2,19,20,24)/t12-,13-,14-/m0/s1. The van der Waals surface area contributed by atoms with Crippen LogP contribution in [-0.4, -0.2) is 54.0 Å². The molecule has 3 atom stereocenters. The number of rotatable bonds is 4. The maximum absolute atomic E-state index is 12.4. The third-order valence-corrected chi connectivity index (χ3v) is 4.54. The second-order valence-electron chi connectivity index (χ2n) is 7.85. The highest BCUT2D eigenvalue weighted by atomic mass is 32.1. The Balaban J connectivity index is 2.73. The number of nitrogens with zero attached hydrogens (tertiary/aromatic N) is 1. The summed E-state index contributed by atoms with van der Waals surface area (Å²) >= 11 is 5.45. The van der Waals surface area contributed by atoms with Crippen molar-refractivity contribution in [2.45, 2.75) is 71.5 Å². The van der Waals surface area contributed by atoms with E-state index in [-0.39, 0.29) is 29.3 Å². The zero-order valence-electron chi connectivity index (χ0n) is 15.7. The smallest absolute Gasteiger partial charge is 0.245 e. The van der Waals surface area contributed by atoms with Gasteiger partial charge in [0, 0.05) is 33.1 Å². The van der Waals surface area contributed by atoms with Crippen LogP contribution in [0.4, 0.5) is 0 Å². The summed E-state index contributed by atoms with van der Waals surface area (Å²) in [5.41, 5.74) is -0.267. The number of carbonyl (C=O) groups is 2. The Morgan fingerprint density at radius 1 is 1.08 bits per heavy atom. The summed E-state index contributed by atoms with van der Waals surface area (Å²) in [6.07, 6.45) is 4.11. The van der Waals surface area contributed by atoms with Gasteiger partial charge in [0.2, 0.25) is 11.8 Å².